The van der Waals surface area contributed by atoms with Crippen LogP contribution in [0.2, 0.25) is 0 Å². The molecule has 150 valence electrons. The normalized spacial score (nSPS) is 11.2. The largest absolute Gasteiger partial charge is 0.488 e. The van der Waals surface area contributed by atoms with Crippen LogP contribution in [0.25, 0.3) is 11.1 Å². The van der Waals surface area contributed by atoms with E-state index in [2.05, 4.69) is 0 Å². The molecule has 0 fully saturated rings. The first-order valence-electron chi connectivity index (χ1n) is 9.60. The summed E-state index contributed by atoms with van der Waals surface area (Å²) in [6.07, 6.45) is 0. The smallest absolute Gasteiger partial charge is 0.338 e. The number of esters is 1. The van der Waals surface area contributed by atoms with Crippen LogP contribution in [-0.4, -0.2) is 16.7 Å². The van der Waals surface area contributed by atoms with Gasteiger partial charge < -0.3 is 14.6 Å². The maximum Gasteiger partial charge on any atom is 0.338 e. The van der Waals surface area contributed by atoms with E-state index in [1.54, 1.807) is 12.1 Å². The first kappa shape index (κ1) is 20.6. The average Bonchev–Trinajstić information content (AvgIpc) is 2.71. The predicted octanol–water partition coefficient (Wildman–Crippen LogP) is 5.38. The number of aliphatic hydroxyl groups is 1. The third-order valence-electron chi connectivity index (χ3n) is 4.30. The van der Waals surface area contributed by atoms with Crippen LogP contribution in [0.4, 0.5) is 0 Å². The zero-order valence-corrected chi connectivity index (χ0v) is 17.0. The summed E-state index contributed by atoms with van der Waals surface area (Å²) in [6.45, 7) is 5.91. The predicted molar refractivity (Wildman–Crippen MR) is 114 cm³/mol. The van der Waals surface area contributed by atoms with E-state index >= 15 is 0 Å². The van der Waals surface area contributed by atoms with Crippen molar-refractivity contribution < 1.29 is 19.4 Å². The topological polar surface area (TPSA) is 55.8 Å². The van der Waals surface area contributed by atoms with Crippen molar-refractivity contribution in [1.29, 1.82) is 0 Å². The summed E-state index contributed by atoms with van der Waals surface area (Å²) >= 11 is 0. The number of benzene rings is 3. The number of carbonyl (C=O) groups excluding carboxylic acids is 1. The molecule has 0 heterocycles. The van der Waals surface area contributed by atoms with Crippen molar-refractivity contribution in [2.24, 2.45) is 0 Å². The van der Waals surface area contributed by atoms with Gasteiger partial charge in [-0.2, -0.15) is 0 Å². The van der Waals surface area contributed by atoms with Crippen LogP contribution < -0.4 is 4.74 Å². The van der Waals surface area contributed by atoms with Gasteiger partial charge in [-0.1, -0.05) is 54.6 Å². The first-order valence-corrected chi connectivity index (χ1v) is 9.60. The Morgan fingerprint density at radius 1 is 0.897 bits per heavy atom. The molecule has 0 spiro atoms. The van der Waals surface area contributed by atoms with Crippen LogP contribution in [0.1, 0.15) is 42.3 Å². The van der Waals surface area contributed by atoms with E-state index in [1.807, 2.05) is 81.4 Å². The fraction of sp³-hybridized carbons (Fsp3) is 0.240. The zero-order valence-electron chi connectivity index (χ0n) is 17.0. The van der Waals surface area contributed by atoms with E-state index in [4.69, 9.17) is 9.47 Å². The lowest BCUT2D eigenvalue weighted by atomic mass is 10.0. The quantitative estimate of drug-likeness (QED) is 0.574. The molecule has 0 saturated heterocycles. The van der Waals surface area contributed by atoms with Crippen LogP contribution in [0.3, 0.4) is 0 Å². The van der Waals surface area contributed by atoms with Gasteiger partial charge in [-0.05, 0) is 55.7 Å². The van der Waals surface area contributed by atoms with Gasteiger partial charge in [-0.15, -0.1) is 0 Å². The Kier molecular flexibility index (Phi) is 6.35. The van der Waals surface area contributed by atoms with E-state index in [9.17, 15) is 9.90 Å². The van der Waals surface area contributed by atoms with E-state index in [-0.39, 0.29) is 12.6 Å². The summed E-state index contributed by atoms with van der Waals surface area (Å²) in [7, 11) is 0. The van der Waals surface area contributed by atoms with Gasteiger partial charge in [-0.25, -0.2) is 4.79 Å². The van der Waals surface area contributed by atoms with E-state index < -0.39 is 5.60 Å². The second-order valence-electron chi connectivity index (χ2n) is 7.84. The number of aliphatic hydroxyl groups excluding tert-OH is 1. The molecule has 4 nitrogen and oxygen atoms in total. The molecule has 3 aromatic carbocycles. The molecular weight excluding hydrogens is 364 g/mol. The van der Waals surface area contributed by atoms with Gasteiger partial charge in [0.05, 0.1) is 12.2 Å². The minimum atomic E-state index is -0.533. The summed E-state index contributed by atoms with van der Waals surface area (Å²) in [4.78, 5) is 12.2. The van der Waals surface area contributed by atoms with Crippen LogP contribution in [0.5, 0.6) is 5.75 Å². The molecule has 4 heteroatoms. The zero-order chi connectivity index (χ0) is 20.9. The second-order valence-corrected chi connectivity index (χ2v) is 7.84. The number of hydrogen-bond donors (Lipinski definition) is 1. The minimum absolute atomic E-state index is 0.0560. The molecule has 0 atom stereocenters. The minimum Gasteiger partial charge on any atom is -0.488 e. The molecule has 29 heavy (non-hydrogen) atoms. The Bertz CT molecular complexity index is 954. The van der Waals surface area contributed by atoms with E-state index in [1.165, 1.54) is 0 Å². The molecule has 0 aliphatic carbocycles. The molecule has 0 saturated carbocycles. The molecule has 0 bridgehead atoms. The number of rotatable bonds is 6. The van der Waals surface area contributed by atoms with E-state index in [0.717, 1.165) is 22.3 Å². The SMILES string of the molecule is CC(C)(C)OC(=O)c1ccc(-c2ccc(CO)cc2OCc2ccccc2)cc1. The van der Waals surface area contributed by atoms with Gasteiger partial charge in [0.2, 0.25) is 0 Å². The molecule has 0 radical (unpaired) electrons. The molecular formula is C25H26O4. The van der Waals surface area contributed by atoms with Gasteiger partial charge >= 0.3 is 5.97 Å². The maximum atomic E-state index is 12.2. The van der Waals surface area contributed by atoms with Gasteiger partial charge in [-0.3, -0.25) is 0 Å². The summed E-state index contributed by atoms with van der Waals surface area (Å²) in [5, 5.41) is 9.49. The molecule has 0 unspecified atom stereocenters. The van der Waals surface area contributed by atoms with Gasteiger partial charge in [0.25, 0.3) is 0 Å². The third-order valence-corrected chi connectivity index (χ3v) is 4.30. The lowest BCUT2D eigenvalue weighted by Gasteiger charge is -2.19. The van der Waals surface area contributed by atoms with Crippen LogP contribution >= 0.6 is 0 Å². The third kappa shape index (κ3) is 5.69. The fourth-order valence-corrected chi connectivity index (χ4v) is 2.88. The standard InChI is InChI=1S/C25H26O4/c1-25(2,3)29-24(27)21-12-10-20(11-13-21)22-14-9-19(16-26)15-23(22)28-17-18-7-5-4-6-8-18/h4-15,26H,16-17H2,1-3H3. The van der Waals surface area contributed by atoms with Crippen molar-refractivity contribution in [2.75, 3.05) is 0 Å². The summed E-state index contributed by atoms with van der Waals surface area (Å²) in [6, 6.07) is 22.8. The Morgan fingerprint density at radius 2 is 1.59 bits per heavy atom. The lowest BCUT2D eigenvalue weighted by Crippen LogP contribution is -2.23. The average molecular weight is 390 g/mol. The Morgan fingerprint density at radius 3 is 2.21 bits per heavy atom. The Hall–Kier alpha value is -3.11. The fourth-order valence-electron chi connectivity index (χ4n) is 2.88. The van der Waals surface area contributed by atoms with Gasteiger partial charge in [0.15, 0.2) is 0 Å². The van der Waals surface area contributed by atoms with Crippen molar-refractivity contribution >= 4 is 5.97 Å². The summed E-state index contributed by atoms with van der Waals surface area (Å²) in [5.74, 6) is 0.339. The van der Waals surface area contributed by atoms with Crippen LogP contribution in [-0.2, 0) is 18.0 Å². The van der Waals surface area contributed by atoms with Crippen molar-refractivity contribution in [1.82, 2.24) is 0 Å². The van der Waals surface area contributed by atoms with E-state index in [0.29, 0.717) is 17.9 Å². The summed E-state index contributed by atoms with van der Waals surface area (Å²) < 4.78 is 11.5. The van der Waals surface area contributed by atoms with Crippen molar-refractivity contribution in [3.8, 4) is 16.9 Å². The molecule has 3 aromatic rings. The number of ether oxygens (including phenoxy) is 2. The Balaban J connectivity index is 1.84. The lowest BCUT2D eigenvalue weighted by molar-refractivity contribution is 0.00695. The highest BCUT2D eigenvalue weighted by atomic mass is 16.6. The molecule has 1 N–H and O–H groups in total. The van der Waals surface area contributed by atoms with Crippen molar-refractivity contribution in [2.45, 2.75) is 39.6 Å². The highest BCUT2D eigenvalue weighted by molar-refractivity contribution is 5.90. The molecule has 0 aliphatic rings. The van der Waals surface area contributed by atoms with Crippen molar-refractivity contribution in [3.63, 3.8) is 0 Å². The van der Waals surface area contributed by atoms with Crippen LogP contribution in [0, 0.1) is 0 Å². The molecule has 3 rings (SSSR count). The Labute approximate surface area is 171 Å². The van der Waals surface area contributed by atoms with Gasteiger partial charge in [0.1, 0.15) is 18.0 Å². The highest BCUT2D eigenvalue weighted by Crippen LogP contribution is 2.32. The molecule has 0 aromatic heterocycles. The summed E-state index contributed by atoms with van der Waals surface area (Å²) in [5.41, 5.74) is 3.63. The maximum absolute atomic E-state index is 12.2. The second kappa shape index (κ2) is 8.93. The first-order chi connectivity index (χ1) is 13.9. The highest BCUT2D eigenvalue weighted by Gasteiger charge is 2.18. The van der Waals surface area contributed by atoms with Crippen LogP contribution in [0.15, 0.2) is 72.8 Å². The number of hydrogen-bond acceptors (Lipinski definition) is 4. The number of carbonyl (C=O) groups is 1. The molecule has 0 aliphatic heterocycles. The monoisotopic (exact) mass is 390 g/mol. The van der Waals surface area contributed by atoms with Crippen molar-refractivity contribution in [3.05, 3.63) is 89.5 Å². The molecule has 0 amide bonds. The van der Waals surface area contributed by atoms with Gasteiger partial charge in [0, 0.05) is 5.56 Å².